The Hall–Kier alpha value is -2.77. The van der Waals surface area contributed by atoms with E-state index >= 15 is 0 Å². The summed E-state index contributed by atoms with van der Waals surface area (Å²) in [5, 5.41) is 0. The van der Waals surface area contributed by atoms with Crippen LogP contribution in [0.1, 0.15) is 39.0 Å². The Kier molecular flexibility index (Phi) is 5.28. The van der Waals surface area contributed by atoms with E-state index in [9.17, 15) is 14.4 Å². The Labute approximate surface area is 138 Å². The number of ether oxygens (including phenoxy) is 4. The Bertz CT molecular complexity index is 702. The van der Waals surface area contributed by atoms with Gasteiger partial charge in [0.1, 0.15) is 19.5 Å². The lowest BCUT2D eigenvalue weighted by molar-refractivity contribution is -0.147. The fourth-order valence-electron chi connectivity index (χ4n) is 2.36. The molecule has 0 aliphatic carbocycles. The van der Waals surface area contributed by atoms with Crippen LogP contribution >= 0.6 is 0 Å². The first-order chi connectivity index (χ1) is 11.4. The molecule has 2 heterocycles. The lowest BCUT2D eigenvalue weighted by atomic mass is 10.1. The summed E-state index contributed by atoms with van der Waals surface area (Å²) >= 11 is 0. The van der Waals surface area contributed by atoms with Crippen molar-refractivity contribution >= 4 is 17.7 Å². The Morgan fingerprint density at radius 2 is 1.92 bits per heavy atom. The maximum atomic E-state index is 12.5. The number of Topliss-reactive ketones (excluding diaryl/α,β-unsaturated/α-hetero) is 1. The third kappa shape index (κ3) is 3.42. The van der Waals surface area contributed by atoms with Gasteiger partial charge >= 0.3 is 11.9 Å². The highest BCUT2D eigenvalue weighted by molar-refractivity contribution is 6.04. The van der Waals surface area contributed by atoms with Crippen LogP contribution in [0.5, 0.6) is 0 Å². The first kappa shape index (κ1) is 17.6. The van der Waals surface area contributed by atoms with Gasteiger partial charge in [0.25, 0.3) is 0 Å². The number of methoxy groups -OCH3 is 1. The quantitative estimate of drug-likeness (QED) is 0.640. The molecule has 0 amide bonds. The summed E-state index contributed by atoms with van der Waals surface area (Å²) in [4.78, 5) is 39.0. The van der Waals surface area contributed by atoms with E-state index in [1.165, 1.54) is 14.0 Å². The van der Waals surface area contributed by atoms with E-state index in [0.717, 1.165) is 6.26 Å². The molecular weight excluding hydrogens is 318 g/mol. The molecule has 24 heavy (non-hydrogen) atoms. The van der Waals surface area contributed by atoms with Crippen molar-refractivity contribution in [3.05, 3.63) is 34.5 Å². The number of aromatic nitrogens is 1. The summed E-state index contributed by atoms with van der Waals surface area (Å²) in [5.74, 6) is -1.88. The molecule has 1 aromatic heterocycles. The molecule has 0 spiro atoms. The van der Waals surface area contributed by atoms with Gasteiger partial charge < -0.3 is 23.9 Å². The number of aromatic amines is 1. The number of H-pyrrole nitrogens is 1. The molecule has 130 valence electrons. The van der Waals surface area contributed by atoms with Crippen molar-refractivity contribution in [2.45, 2.75) is 26.9 Å². The summed E-state index contributed by atoms with van der Waals surface area (Å²) in [6, 6.07) is 0. The van der Waals surface area contributed by atoms with Crippen molar-refractivity contribution in [1.82, 2.24) is 4.98 Å². The van der Waals surface area contributed by atoms with Gasteiger partial charge in [0.05, 0.1) is 18.4 Å². The number of ketones is 1. The standard InChI is InChI=1S/C16H19NO7/c1-8-12(16(20)21-4)9(2)17-13(8)14(18)10(3)24-15(19)11-7-22-5-6-23-11/h7,10,17H,5-6H2,1-4H3/t10-/m0/s1. The first-order valence-corrected chi connectivity index (χ1v) is 7.34. The predicted octanol–water partition coefficient (Wildman–Crippen LogP) is 1.42. The van der Waals surface area contributed by atoms with Crippen LogP contribution in [0.15, 0.2) is 12.0 Å². The topological polar surface area (TPSA) is 104 Å². The normalized spacial score (nSPS) is 14.8. The van der Waals surface area contributed by atoms with E-state index < -0.39 is 23.8 Å². The van der Waals surface area contributed by atoms with Gasteiger partial charge in [0.15, 0.2) is 6.10 Å². The summed E-state index contributed by atoms with van der Waals surface area (Å²) in [7, 11) is 1.26. The minimum atomic E-state index is -1.06. The molecule has 1 N–H and O–H groups in total. The summed E-state index contributed by atoms with van der Waals surface area (Å²) in [6.45, 7) is 5.31. The van der Waals surface area contributed by atoms with Crippen LogP contribution in [0.2, 0.25) is 0 Å². The molecule has 0 aromatic carbocycles. The molecule has 0 radical (unpaired) electrons. The zero-order valence-electron chi connectivity index (χ0n) is 13.9. The average Bonchev–Trinajstić information content (AvgIpc) is 2.88. The van der Waals surface area contributed by atoms with Crippen LogP contribution in [0.3, 0.4) is 0 Å². The molecular formula is C16H19NO7. The number of nitrogens with one attached hydrogen (secondary N) is 1. The SMILES string of the molecule is COC(=O)c1c(C)[nH]c(C(=O)[C@H](C)OC(=O)C2=COCCO2)c1C. The smallest absolute Gasteiger partial charge is 0.377 e. The zero-order chi connectivity index (χ0) is 17.9. The van der Waals surface area contributed by atoms with Gasteiger partial charge in [-0.15, -0.1) is 0 Å². The van der Waals surface area contributed by atoms with Crippen molar-refractivity contribution in [2.24, 2.45) is 0 Å². The second kappa shape index (κ2) is 7.20. The number of rotatable bonds is 5. The molecule has 0 unspecified atom stereocenters. The maximum absolute atomic E-state index is 12.5. The van der Waals surface area contributed by atoms with Crippen molar-refractivity contribution in [3.63, 3.8) is 0 Å². The molecule has 8 heteroatoms. The molecule has 0 saturated carbocycles. The van der Waals surface area contributed by atoms with Gasteiger partial charge in [-0.3, -0.25) is 4.79 Å². The van der Waals surface area contributed by atoms with E-state index in [0.29, 0.717) is 23.4 Å². The number of esters is 2. The lowest BCUT2D eigenvalue weighted by Gasteiger charge is -2.17. The fraction of sp³-hybridized carbons (Fsp3) is 0.438. The van der Waals surface area contributed by atoms with Crippen LogP contribution in [0.25, 0.3) is 0 Å². The van der Waals surface area contributed by atoms with E-state index in [2.05, 4.69) is 4.98 Å². The van der Waals surface area contributed by atoms with Crippen molar-refractivity contribution < 1.29 is 33.3 Å². The van der Waals surface area contributed by atoms with E-state index in [1.807, 2.05) is 0 Å². The number of aryl methyl sites for hydroxylation is 1. The Morgan fingerprint density at radius 1 is 1.21 bits per heavy atom. The van der Waals surface area contributed by atoms with Crippen LogP contribution in [-0.2, 0) is 23.7 Å². The fourth-order valence-corrected chi connectivity index (χ4v) is 2.36. The summed E-state index contributed by atoms with van der Waals surface area (Å²) in [5.41, 5.74) is 1.45. The molecule has 8 nitrogen and oxygen atoms in total. The van der Waals surface area contributed by atoms with Crippen LogP contribution in [0, 0.1) is 13.8 Å². The number of hydrogen-bond acceptors (Lipinski definition) is 7. The van der Waals surface area contributed by atoms with Crippen molar-refractivity contribution in [1.29, 1.82) is 0 Å². The van der Waals surface area contributed by atoms with Crippen LogP contribution in [0.4, 0.5) is 0 Å². The first-order valence-electron chi connectivity index (χ1n) is 7.34. The summed E-state index contributed by atoms with van der Waals surface area (Å²) < 4.78 is 19.9. The molecule has 0 bridgehead atoms. The molecule has 1 aliphatic rings. The second-order valence-corrected chi connectivity index (χ2v) is 5.23. The lowest BCUT2D eigenvalue weighted by Crippen LogP contribution is -2.27. The Morgan fingerprint density at radius 3 is 2.50 bits per heavy atom. The van der Waals surface area contributed by atoms with Gasteiger partial charge in [0.2, 0.25) is 11.5 Å². The molecule has 1 aliphatic heterocycles. The highest BCUT2D eigenvalue weighted by atomic mass is 16.6. The molecule has 2 rings (SSSR count). The third-order valence-corrected chi connectivity index (χ3v) is 3.58. The zero-order valence-corrected chi connectivity index (χ0v) is 13.9. The van der Waals surface area contributed by atoms with Crippen molar-refractivity contribution in [3.8, 4) is 0 Å². The highest BCUT2D eigenvalue weighted by Crippen LogP contribution is 2.21. The average molecular weight is 337 g/mol. The number of carbonyl (C=O) groups is 3. The molecule has 0 saturated heterocycles. The molecule has 0 fully saturated rings. The maximum Gasteiger partial charge on any atom is 0.377 e. The number of carbonyl (C=O) groups excluding carboxylic acids is 3. The van der Waals surface area contributed by atoms with Crippen LogP contribution < -0.4 is 0 Å². The van der Waals surface area contributed by atoms with Gasteiger partial charge in [-0.05, 0) is 26.3 Å². The van der Waals surface area contributed by atoms with Crippen LogP contribution in [-0.4, -0.2) is 49.1 Å². The summed E-state index contributed by atoms with van der Waals surface area (Å²) in [6.07, 6.45) is 0.0915. The third-order valence-electron chi connectivity index (χ3n) is 3.58. The van der Waals surface area contributed by atoms with E-state index in [4.69, 9.17) is 18.9 Å². The van der Waals surface area contributed by atoms with E-state index in [1.54, 1.807) is 13.8 Å². The predicted molar refractivity (Wildman–Crippen MR) is 81.5 cm³/mol. The van der Waals surface area contributed by atoms with Gasteiger partial charge in [0, 0.05) is 5.69 Å². The molecule has 1 aromatic rings. The van der Waals surface area contributed by atoms with Gasteiger partial charge in [-0.1, -0.05) is 0 Å². The van der Waals surface area contributed by atoms with Crippen molar-refractivity contribution in [2.75, 3.05) is 20.3 Å². The minimum absolute atomic E-state index is 0.0875. The van der Waals surface area contributed by atoms with E-state index in [-0.39, 0.29) is 18.1 Å². The Balaban J connectivity index is 2.15. The second-order valence-electron chi connectivity index (χ2n) is 5.23. The monoisotopic (exact) mass is 337 g/mol. The van der Waals surface area contributed by atoms with Gasteiger partial charge in [-0.25, -0.2) is 9.59 Å². The number of hydrogen-bond donors (Lipinski definition) is 1. The molecule has 1 atom stereocenters. The largest absolute Gasteiger partial charge is 0.493 e. The van der Waals surface area contributed by atoms with Gasteiger partial charge in [-0.2, -0.15) is 0 Å². The highest BCUT2D eigenvalue weighted by Gasteiger charge is 2.28. The minimum Gasteiger partial charge on any atom is -0.493 e.